The Kier molecular flexibility index (Phi) is 15.1. The van der Waals surface area contributed by atoms with E-state index < -0.39 is 0 Å². The smallest absolute Gasteiger partial charge is 0.223 e. The van der Waals surface area contributed by atoms with E-state index in [1.54, 1.807) is 0 Å². The van der Waals surface area contributed by atoms with Crippen molar-refractivity contribution in [1.82, 2.24) is 5.32 Å². The second-order valence-electron chi connectivity index (χ2n) is 6.26. The van der Waals surface area contributed by atoms with Gasteiger partial charge in [-0.1, -0.05) is 58.8 Å². The molecular weight excluding hydrogens is 290 g/mol. The van der Waals surface area contributed by atoms with Gasteiger partial charge in [0.15, 0.2) is 0 Å². The summed E-state index contributed by atoms with van der Waals surface area (Å²) in [5.74, 6) is 6.98. The topological polar surface area (TPSA) is 47.6 Å². The molecule has 0 radical (unpaired) electrons. The number of hydrogen-bond donors (Lipinski definition) is 1. The number of ether oxygens (including phenoxy) is 2. The molecule has 4 nitrogen and oxygen atoms in total. The zero-order chi connectivity index (χ0) is 17.3. The molecule has 0 aromatic carbocycles. The van der Waals surface area contributed by atoms with Crippen LogP contribution >= 0.6 is 0 Å². The molecule has 1 atom stereocenters. The Labute approximate surface area is 142 Å². The van der Waals surface area contributed by atoms with Crippen LogP contribution in [-0.4, -0.2) is 38.9 Å². The van der Waals surface area contributed by atoms with Crippen molar-refractivity contribution in [2.75, 3.05) is 33.0 Å². The Bertz CT molecular complexity index is 344. The second-order valence-corrected chi connectivity index (χ2v) is 6.26. The van der Waals surface area contributed by atoms with Crippen LogP contribution < -0.4 is 5.32 Å². The lowest BCUT2D eigenvalue weighted by atomic mass is 10.0. The third-order valence-corrected chi connectivity index (χ3v) is 3.42. The first-order valence-corrected chi connectivity index (χ1v) is 8.96. The Balaban J connectivity index is 3.33. The maximum Gasteiger partial charge on any atom is 0.223 e. The van der Waals surface area contributed by atoms with Gasteiger partial charge < -0.3 is 14.8 Å². The van der Waals surface area contributed by atoms with Crippen LogP contribution in [0.1, 0.15) is 59.8 Å². The highest BCUT2D eigenvalue weighted by Crippen LogP contribution is 2.11. The highest BCUT2D eigenvalue weighted by Gasteiger charge is 2.02. The van der Waals surface area contributed by atoms with Crippen molar-refractivity contribution in [2.24, 2.45) is 11.8 Å². The summed E-state index contributed by atoms with van der Waals surface area (Å²) >= 11 is 0. The highest BCUT2D eigenvalue weighted by atomic mass is 16.5. The lowest BCUT2D eigenvalue weighted by Gasteiger charge is -2.11. The Morgan fingerprint density at radius 3 is 2.39 bits per heavy atom. The van der Waals surface area contributed by atoms with Crippen molar-refractivity contribution in [3.8, 4) is 11.8 Å². The summed E-state index contributed by atoms with van der Waals surface area (Å²) in [6.07, 6.45) is 5.33. The summed E-state index contributed by atoms with van der Waals surface area (Å²) in [4.78, 5) is 11.5. The number of unbranched alkanes of at least 4 members (excludes halogenated alkanes) is 1. The van der Waals surface area contributed by atoms with E-state index in [1.807, 2.05) is 13.8 Å². The molecule has 0 heterocycles. The van der Waals surface area contributed by atoms with Crippen molar-refractivity contribution in [3.63, 3.8) is 0 Å². The predicted molar refractivity (Wildman–Crippen MR) is 95.2 cm³/mol. The Morgan fingerprint density at radius 1 is 1.04 bits per heavy atom. The van der Waals surface area contributed by atoms with E-state index in [9.17, 15) is 4.79 Å². The zero-order valence-corrected chi connectivity index (χ0v) is 15.5. The largest absolute Gasteiger partial charge is 0.379 e. The fourth-order valence-corrected chi connectivity index (χ4v) is 1.95. The first-order chi connectivity index (χ1) is 11.1. The predicted octanol–water partition coefficient (Wildman–Crippen LogP) is 3.40. The minimum Gasteiger partial charge on any atom is -0.379 e. The number of amides is 1. The molecule has 0 rings (SSSR count). The number of carbonyl (C=O) groups excluding carboxylic acids is 1. The van der Waals surface area contributed by atoms with Crippen LogP contribution in [0.25, 0.3) is 0 Å². The van der Waals surface area contributed by atoms with Crippen LogP contribution in [0.2, 0.25) is 0 Å². The van der Waals surface area contributed by atoms with Gasteiger partial charge in [-0.3, -0.25) is 4.79 Å². The molecule has 0 saturated heterocycles. The monoisotopic (exact) mass is 325 g/mol. The molecule has 0 aliphatic carbocycles. The quantitative estimate of drug-likeness (QED) is 0.417. The van der Waals surface area contributed by atoms with Gasteiger partial charge in [-0.25, -0.2) is 0 Å². The van der Waals surface area contributed by atoms with Gasteiger partial charge in [0.2, 0.25) is 5.91 Å². The van der Waals surface area contributed by atoms with E-state index in [2.05, 4.69) is 31.0 Å². The molecular formula is C19H35NO3. The van der Waals surface area contributed by atoms with Gasteiger partial charge in [-0.15, -0.1) is 0 Å². The average Bonchev–Trinajstić information content (AvgIpc) is 2.51. The van der Waals surface area contributed by atoms with Crippen LogP contribution in [0.3, 0.4) is 0 Å². The van der Waals surface area contributed by atoms with Crippen LogP contribution in [0.4, 0.5) is 0 Å². The normalized spacial score (nSPS) is 11.9. The third kappa shape index (κ3) is 17.1. The summed E-state index contributed by atoms with van der Waals surface area (Å²) < 4.78 is 10.9. The van der Waals surface area contributed by atoms with Gasteiger partial charge in [0.25, 0.3) is 0 Å². The molecule has 0 aliphatic heterocycles. The molecule has 134 valence electrons. The van der Waals surface area contributed by atoms with E-state index >= 15 is 0 Å². The maximum absolute atomic E-state index is 11.5. The van der Waals surface area contributed by atoms with Crippen molar-refractivity contribution < 1.29 is 14.3 Å². The van der Waals surface area contributed by atoms with E-state index in [4.69, 9.17) is 9.47 Å². The van der Waals surface area contributed by atoms with E-state index in [0.29, 0.717) is 38.7 Å². The minimum atomic E-state index is -0.0197. The fraction of sp³-hybridized carbons (Fsp3) is 0.842. The van der Waals surface area contributed by atoms with Gasteiger partial charge in [-0.05, 0) is 12.3 Å². The molecule has 0 aromatic rings. The van der Waals surface area contributed by atoms with Gasteiger partial charge in [0, 0.05) is 18.9 Å². The maximum atomic E-state index is 11.5. The molecule has 0 spiro atoms. The minimum absolute atomic E-state index is 0.0197. The average molecular weight is 325 g/mol. The second kappa shape index (κ2) is 15.8. The Morgan fingerprint density at radius 2 is 1.74 bits per heavy atom. The van der Waals surface area contributed by atoms with Crippen LogP contribution in [-0.2, 0) is 14.3 Å². The first kappa shape index (κ1) is 21.9. The molecule has 1 N–H and O–H groups in total. The standard InChI is InChI=1S/C19H35NO3/c1-5-6-9-18(4)10-13-22-15-16-23-14-11-19(21)20-12-7-8-17(2)3/h17-18H,5-6,9-16H2,1-4H3,(H,20,21). The van der Waals surface area contributed by atoms with Gasteiger partial charge >= 0.3 is 0 Å². The molecule has 0 aromatic heterocycles. The van der Waals surface area contributed by atoms with Crippen molar-refractivity contribution >= 4 is 5.91 Å². The number of carbonyl (C=O) groups is 1. The third-order valence-electron chi connectivity index (χ3n) is 3.42. The lowest BCUT2D eigenvalue weighted by Crippen LogP contribution is -2.25. The van der Waals surface area contributed by atoms with Gasteiger partial charge in [0.1, 0.15) is 0 Å². The summed E-state index contributed by atoms with van der Waals surface area (Å²) in [7, 11) is 0. The van der Waals surface area contributed by atoms with Crippen LogP contribution in [0.15, 0.2) is 0 Å². The molecule has 0 fully saturated rings. The molecule has 4 heteroatoms. The summed E-state index contributed by atoms with van der Waals surface area (Å²) in [6, 6.07) is 0. The highest BCUT2D eigenvalue weighted by molar-refractivity contribution is 5.76. The zero-order valence-electron chi connectivity index (χ0n) is 15.5. The molecule has 0 bridgehead atoms. The summed E-state index contributed by atoms with van der Waals surface area (Å²) in [6.45, 7) is 11.3. The van der Waals surface area contributed by atoms with Gasteiger partial charge in [0.05, 0.1) is 26.4 Å². The molecule has 1 amide bonds. The van der Waals surface area contributed by atoms with E-state index in [-0.39, 0.29) is 5.91 Å². The lowest BCUT2D eigenvalue weighted by molar-refractivity contribution is -0.122. The Hall–Kier alpha value is -1.05. The summed E-state index contributed by atoms with van der Waals surface area (Å²) in [5, 5.41) is 2.75. The van der Waals surface area contributed by atoms with E-state index in [1.165, 1.54) is 19.3 Å². The van der Waals surface area contributed by atoms with Crippen LogP contribution in [0.5, 0.6) is 0 Å². The first-order valence-electron chi connectivity index (χ1n) is 8.96. The van der Waals surface area contributed by atoms with Gasteiger partial charge in [-0.2, -0.15) is 0 Å². The molecule has 23 heavy (non-hydrogen) atoms. The summed E-state index contributed by atoms with van der Waals surface area (Å²) in [5.41, 5.74) is 0. The molecule has 0 aliphatic rings. The molecule has 1 unspecified atom stereocenters. The number of rotatable bonds is 13. The van der Waals surface area contributed by atoms with E-state index in [0.717, 1.165) is 18.9 Å². The molecule has 0 saturated carbocycles. The van der Waals surface area contributed by atoms with Crippen LogP contribution in [0, 0.1) is 23.7 Å². The fourth-order valence-electron chi connectivity index (χ4n) is 1.95. The van der Waals surface area contributed by atoms with Crippen molar-refractivity contribution in [2.45, 2.75) is 59.8 Å². The van der Waals surface area contributed by atoms with Crippen molar-refractivity contribution in [3.05, 3.63) is 0 Å². The SMILES string of the molecule is CCCCC(C)CCOCCOCCC(=O)NCC#CC(C)C. The number of nitrogens with one attached hydrogen (secondary N) is 1. The number of hydrogen-bond acceptors (Lipinski definition) is 3. The van der Waals surface area contributed by atoms with Crippen molar-refractivity contribution in [1.29, 1.82) is 0 Å².